The Morgan fingerprint density at radius 3 is 2.52 bits per heavy atom. The predicted octanol–water partition coefficient (Wildman–Crippen LogP) is 7.03. The summed E-state index contributed by atoms with van der Waals surface area (Å²) in [5.74, 6) is -1.27. The second-order valence-electron chi connectivity index (χ2n) is 9.36. The number of nitrogens with zero attached hydrogens (tertiary/aromatic N) is 2. The molecule has 1 saturated heterocycles. The van der Waals surface area contributed by atoms with Crippen molar-refractivity contribution >= 4 is 44.1 Å². The number of hydrogen-bond acceptors (Lipinski definition) is 7. The van der Waals surface area contributed by atoms with Crippen molar-refractivity contribution in [1.29, 1.82) is 0 Å². The molecule has 0 saturated carbocycles. The van der Waals surface area contributed by atoms with Crippen molar-refractivity contribution in [3.63, 3.8) is 0 Å². The molecule has 7 nitrogen and oxygen atoms in total. The minimum absolute atomic E-state index is 0.103. The zero-order valence-corrected chi connectivity index (χ0v) is 23.0. The molecule has 1 unspecified atom stereocenters. The number of hydrogen-bond donors (Lipinski definition) is 1. The molecule has 1 atom stereocenters. The molecule has 5 rings (SSSR count). The van der Waals surface area contributed by atoms with Gasteiger partial charge in [-0.05, 0) is 73.5 Å². The number of fused-ring (bicyclic) bond motifs is 1. The van der Waals surface area contributed by atoms with Crippen LogP contribution in [0.25, 0.3) is 16.0 Å². The Bertz CT molecular complexity index is 1580. The van der Waals surface area contributed by atoms with Crippen LogP contribution in [0.5, 0.6) is 11.5 Å². The van der Waals surface area contributed by atoms with Crippen molar-refractivity contribution in [2.45, 2.75) is 39.2 Å². The van der Waals surface area contributed by atoms with Gasteiger partial charge in [0.05, 0.1) is 35.0 Å². The summed E-state index contributed by atoms with van der Waals surface area (Å²) in [6, 6.07) is 16.7. The van der Waals surface area contributed by atoms with E-state index in [1.54, 1.807) is 30.3 Å². The standard InChI is InChI=1S/C31H29FN2O5S/c1-3-5-6-16-39-22-9-7-8-20(17-22)27-26(28(35)19-10-12-21(32)13-11-19)29(36)30(37)34(27)31-33-24-15-14-23(38-4-2)18-25(24)40-31/h7-15,17-18,27,35H,3-6,16H2,1-2H3. The molecule has 40 heavy (non-hydrogen) atoms. The van der Waals surface area contributed by atoms with Crippen LogP contribution in [0.15, 0.2) is 72.3 Å². The Morgan fingerprint density at radius 1 is 1.00 bits per heavy atom. The highest BCUT2D eigenvalue weighted by atomic mass is 32.1. The molecule has 1 aliphatic rings. The largest absolute Gasteiger partial charge is 0.507 e. The predicted molar refractivity (Wildman–Crippen MR) is 153 cm³/mol. The molecule has 2 heterocycles. The Hall–Kier alpha value is -4.24. The number of benzene rings is 3. The van der Waals surface area contributed by atoms with Crippen LogP contribution < -0.4 is 14.4 Å². The zero-order valence-electron chi connectivity index (χ0n) is 22.2. The highest BCUT2D eigenvalue weighted by molar-refractivity contribution is 7.22. The number of unbranched alkanes of at least 4 members (excludes halogenated alkanes) is 2. The van der Waals surface area contributed by atoms with Crippen LogP contribution in [0.1, 0.15) is 50.3 Å². The van der Waals surface area contributed by atoms with Crippen LogP contribution in [-0.4, -0.2) is 35.0 Å². The Kier molecular flexibility index (Phi) is 8.11. The summed E-state index contributed by atoms with van der Waals surface area (Å²) < 4.78 is 25.9. The summed E-state index contributed by atoms with van der Waals surface area (Å²) in [5, 5.41) is 11.6. The lowest BCUT2D eigenvalue weighted by atomic mass is 9.95. The van der Waals surface area contributed by atoms with Gasteiger partial charge in [0.15, 0.2) is 5.13 Å². The van der Waals surface area contributed by atoms with Crippen molar-refractivity contribution in [2.75, 3.05) is 18.1 Å². The second-order valence-corrected chi connectivity index (χ2v) is 10.4. The topological polar surface area (TPSA) is 89.0 Å². The van der Waals surface area contributed by atoms with Crippen molar-refractivity contribution in [1.82, 2.24) is 4.98 Å². The Labute approximate surface area is 235 Å². The average molecular weight is 561 g/mol. The van der Waals surface area contributed by atoms with Gasteiger partial charge < -0.3 is 14.6 Å². The highest BCUT2D eigenvalue weighted by Gasteiger charge is 2.48. The lowest BCUT2D eigenvalue weighted by molar-refractivity contribution is -0.132. The van der Waals surface area contributed by atoms with E-state index < -0.39 is 23.5 Å². The second kappa shape index (κ2) is 11.9. The van der Waals surface area contributed by atoms with Crippen LogP contribution in [0.4, 0.5) is 9.52 Å². The number of anilines is 1. The van der Waals surface area contributed by atoms with Crippen LogP contribution in [-0.2, 0) is 9.59 Å². The number of rotatable bonds is 10. The van der Waals surface area contributed by atoms with Gasteiger partial charge in [-0.1, -0.05) is 43.2 Å². The maximum Gasteiger partial charge on any atom is 0.301 e. The van der Waals surface area contributed by atoms with Crippen molar-refractivity contribution in [3.8, 4) is 11.5 Å². The number of aliphatic hydroxyl groups excluding tert-OH is 1. The number of Topliss-reactive ketones (excluding diaryl/α,β-unsaturated/α-hetero) is 1. The van der Waals surface area contributed by atoms with E-state index in [1.807, 2.05) is 19.1 Å². The van der Waals surface area contributed by atoms with Gasteiger partial charge in [-0.2, -0.15) is 0 Å². The maximum atomic E-state index is 13.6. The molecule has 0 radical (unpaired) electrons. The Balaban J connectivity index is 1.63. The van der Waals surface area contributed by atoms with Gasteiger partial charge in [0.25, 0.3) is 5.78 Å². The van der Waals surface area contributed by atoms with Gasteiger partial charge in [-0.25, -0.2) is 9.37 Å². The van der Waals surface area contributed by atoms with Gasteiger partial charge in [-0.15, -0.1) is 0 Å². The summed E-state index contributed by atoms with van der Waals surface area (Å²) >= 11 is 1.25. The molecule has 1 N–H and O–H groups in total. The molecule has 1 aliphatic heterocycles. The van der Waals surface area contributed by atoms with E-state index in [9.17, 15) is 19.1 Å². The van der Waals surface area contributed by atoms with Gasteiger partial charge in [0.1, 0.15) is 23.1 Å². The zero-order chi connectivity index (χ0) is 28.2. The molecule has 0 bridgehead atoms. The quantitative estimate of drug-likeness (QED) is 0.0970. The number of ether oxygens (including phenoxy) is 2. The molecule has 0 aliphatic carbocycles. The van der Waals surface area contributed by atoms with E-state index in [4.69, 9.17) is 9.47 Å². The summed E-state index contributed by atoms with van der Waals surface area (Å²) in [7, 11) is 0. The molecule has 3 aromatic carbocycles. The molecule has 0 spiro atoms. The maximum absolute atomic E-state index is 13.6. The lowest BCUT2D eigenvalue weighted by Gasteiger charge is -2.23. The van der Waals surface area contributed by atoms with Crippen LogP contribution in [0.2, 0.25) is 0 Å². The summed E-state index contributed by atoms with van der Waals surface area (Å²) in [6.07, 6.45) is 3.01. The fourth-order valence-electron chi connectivity index (χ4n) is 4.68. The van der Waals surface area contributed by atoms with E-state index in [-0.39, 0.29) is 16.9 Å². The SMILES string of the molecule is CCCCCOc1cccc(C2C(=C(O)c3ccc(F)cc3)C(=O)C(=O)N2c2nc3ccc(OCC)cc3s2)c1. The third kappa shape index (κ3) is 5.42. The van der Waals surface area contributed by atoms with Crippen molar-refractivity contribution in [2.24, 2.45) is 0 Å². The van der Waals surface area contributed by atoms with E-state index >= 15 is 0 Å². The average Bonchev–Trinajstić information content (AvgIpc) is 3.49. The number of ketones is 1. The van der Waals surface area contributed by atoms with Gasteiger partial charge in [-0.3, -0.25) is 14.5 Å². The van der Waals surface area contributed by atoms with E-state index in [1.165, 1.54) is 40.5 Å². The minimum atomic E-state index is -0.976. The summed E-state index contributed by atoms with van der Waals surface area (Å²) in [5.41, 5.74) is 1.34. The van der Waals surface area contributed by atoms with Crippen LogP contribution in [0.3, 0.4) is 0 Å². The van der Waals surface area contributed by atoms with Crippen LogP contribution >= 0.6 is 11.3 Å². The molecule has 1 fully saturated rings. The molecule has 1 aromatic heterocycles. The number of halogens is 1. The third-order valence-electron chi connectivity index (χ3n) is 6.62. The Morgan fingerprint density at radius 2 is 1.77 bits per heavy atom. The van der Waals surface area contributed by atoms with E-state index in [0.29, 0.717) is 40.9 Å². The number of thiazole rings is 1. The van der Waals surface area contributed by atoms with Crippen molar-refractivity contribution in [3.05, 3.63) is 89.2 Å². The molecule has 1 amide bonds. The summed E-state index contributed by atoms with van der Waals surface area (Å²) in [4.78, 5) is 33.0. The molecular weight excluding hydrogens is 531 g/mol. The smallest absolute Gasteiger partial charge is 0.301 e. The molecule has 9 heteroatoms. The molecule has 4 aromatic rings. The number of carbonyl (C=O) groups is 2. The first-order valence-corrected chi connectivity index (χ1v) is 14.1. The first-order chi connectivity index (χ1) is 19.4. The minimum Gasteiger partial charge on any atom is -0.507 e. The fraction of sp³-hybridized carbons (Fsp3) is 0.258. The summed E-state index contributed by atoms with van der Waals surface area (Å²) in [6.45, 7) is 5.05. The first kappa shape index (κ1) is 27.3. The number of amides is 1. The first-order valence-electron chi connectivity index (χ1n) is 13.2. The highest BCUT2D eigenvalue weighted by Crippen LogP contribution is 2.45. The molecule has 206 valence electrons. The van der Waals surface area contributed by atoms with E-state index in [2.05, 4.69) is 11.9 Å². The monoisotopic (exact) mass is 560 g/mol. The van der Waals surface area contributed by atoms with E-state index in [0.717, 1.165) is 24.0 Å². The van der Waals surface area contributed by atoms with Crippen LogP contribution in [0, 0.1) is 5.82 Å². The van der Waals surface area contributed by atoms with Gasteiger partial charge >= 0.3 is 5.91 Å². The van der Waals surface area contributed by atoms with Crippen molar-refractivity contribution < 1.29 is 28.6 Å². The lowest BCUT2D eigenvalue weighted by Crippen LogP contribution is -2.29. The number of aliphatic hydroxyl groups is 1. The van der Waals surface area contributed by atoms with Gasteiger partial charge in [0.2, 0.25) is 0 Å². The molecular formula is C31H29FN2O5S. The number of aromatic nitrogens is 1. The number of carbonyl (C=O) groups excluding carboxylic acids is 2. The van der Waals surface area contributed by atoms with Gasteiger partial charge in [0, 0.05) is 5.56 Å². The third-order valence-corrected chi connectivity index (χ3v) is 7.64. The fourth-order valence-corrected chi connectivity index (χ4v) is 5.70. The normalized spacial score (nSPS) is 16.6.